The van der Waals surface area contributed by atoms with E-state index in [2.05, 4.69) is 19.2 Å². The summed E-state index contributed by atoms with van der Waals surface area (Å²) in [6.45, 7) is 8.85. The lowest BCUT2D eigenvalue weighted by atomic mass is 9.93. The second-order valence-electron chi connectivity index (χ2n) is 4.17. The molecule has 2 amide bonds. The third-order valence-electron chi connectivity index (χ3n) is 2.29. The summed E-state index contributed by atoms with van der Waals surface area (Å²) in [5, 5.41) is 2.81. The Labute approximate surface area is 74.1 Å². The number of carbonyl (C=O) groups is 1. The highest BCUT2D eigenvalue weighted by atomic mass is 16.2. The van der Waals surface area contributed by atoms with Crippen molar-refractivity contribution in [2.45, 2.75) is 27.2 Å². The first kappa shape index (κ1) is 9.36. The minimum absolute atomic E-state index is 0.0862. The van der Waals surface area contributed by atoms with E-state index < -0.39 is 0 Å². The summed E-state index contributed by atoms with van der Waals surface area (Å²) in [5.74, 6) is 0. The maximum absolute atomic E-state index is 11.3. The maximum atomic E-state index is 11.3. The Bertz CT molecular complexity index is 177. The predicted octanol–water partition coefficient (Wildman–Crippen LogP) is 1.45. The SMILES string of the molecule is CCNC(=O)N1CCC(C)(C)C1. The van der Waals surface area contributed by atoms with Gasteiger partial charge in [-0.3, -0.25) is 0 Å². The van der Waals surface area contributed by atoms with Crippen molar-refractivity contribution in [1.29, 1.82) is 0 Å². The number of hydrogen-bond donors (Lipinski definition) is 1. The molecule has 12 heavy (non-hydrogen) atoms. The van der Waals surface area contributed by atoms with Crippen molar-refractivity contribution in [2.24, 2.45) is 5.41 Å². The van der Waals surface area contributed by atoms with Gasteiger partial charge in [0.2, 0.25) is 0 Å². The van der Waals surface area contributed by atoms with E-state index in [1.807, 2.05) is 11.8 Å². The van der Waals surface area contributed by atoms with Gasteiger partial charge in [0.25, 0.3) is 0 Å². The lowest BCUT2D eigenvalue weighted by Gasteiger charge is -2.19. The molecular weight excluding hydrogens is 152 g/mol. The fourth-order valence-corrected chi connectivity index (χ4v) is 1.55. The average Bonchev–Trinajstić information content (AvgIpc) is 2.31. The molecule has 1 aliphatic heterocycles. The Kier molecular flexibility index (Phi) is 2.60. The van der Waals surface area contributed by atoms with Gasteiger partial charge < -0.3 is 10.2 Å². The third kappa shape index (κ3) is 2.13. The molecule has 1 saturated heterocycles. The Morgan fingerprint density at radius 1 is 1.58 bits per heavy atom. The van der Waals surface area contributed by atoms with Crippen LogP contribution in [0.15, 0.2) is 0 Å². The van der Waals surface area contributed by atoms with Gasteiger partial charge in [0.05, 0.1) is 0 Å². The van der Waals surface area contributed by atoms with Crippen LogP contribution in [0.3, 0.4) is 0 Å². The topological polar surface area (TPSA) is 32.3 Å². The van der Waals surface area contributed by atoms with Crippen LogP contribution in [0.2, 0.25) is 0 Å². The first-order valence-electron chi connectivity index (χ1n) is 4.58. The summed E-state index contributed by atoms with van der Waals surface area (Å²) in [6.07, 6.45) is 1.12. The van der Waals surface area contributed by atoms with Crippen molar-refractivity contribution in [3.8, 4) is 0 Å². The summed E-state index contributed by atoms with van der Waals surface area (Å²) >= 11 is 0. The fraction of sp³-hybridized carbons (Fsp3) is 0.889. The second-order valence-corrected chi connectivity index (χ2v) is 4.17. The zero-order chi connectivity index (χ0) is 9.19. The molecule has 1 heterocycles. The third-order valence-corrected chi connectivity index (χ3v) is 2.29. The molecule has 1 aliphatic rings. The molecule has 1 rings (SSSR count). The minimum Gasteiger partial charge on any atom is -0.338 e. The van der Waals surface area contributed by atoms with Crippen LogP contribution in [-0.4, -0.2) is 30.6 Å². The fourth-order valence-electron chi connectivity index (χ4n) is 1.55. The van der Waals surface area contributed by atoms with Crippen molar-refractivity contribution in [1.82, 2.24) is 10.2 Å². The minimum atomic E-state index is 0.0862. The summed E-state index contributed by atoms with van der Waals surface area (Å²) in [6, 6.07) is 0.0862. The highest BCUT2D eigenvalue weighted by molar-refractivity contribution is 5.74. The Morgan fingerprint density at radius 3 is 2.67 bits per heavy atom. The van der Waals surface area contributed by atoms with Gasteiger partial charge in [-0.1, -0.05) is 13.8 Å². The van der Waals surface area contributed by atoms with Gasteiger partial charge in [-0.25, -0.2) is 4.79 Å². The van der Waals surface area contributed by atoms with Crippen LogP contribution in [-0.2, 0) is 0 Å². The van der Waals surface area contributed by atoms with Crippen LogP contribution < -0.4 is 5.32 Å². The van der Waals surface area contributed by atoms with Gasteiger partial charge in [-0.15, -0.1) is 0 Å². The first-order chi connectivity index (χ1) is 5.55. The molecule has 1 N–H and O–H groups in total. The Hall–Kier alpha value is -0.730. The van der Waals surface area contributed by atoms with Gasteiger partial charge in [0.15, 0.2) is 0 Å². The molecule has 3 heteroatoms. The summed E-state index contributed by atoms with van der Waals surface area (Å²) in [5.41, 5.74) is 0.311. The molecule has 3 nitrogen and oxygen atoms in total. The average molecular weight is 170 g/mol. The molecule has 0 atom stereocenters. The summed E-state index contributed by atoms with van der Waals surface area (Å²) in [7, 11) is 0. The van der Waals surface area contributed by atoms with Crippen LogP contribution in [0.5, 0.6) is 0 Å². The first-order valence-corrected chi connectivity index (χ1v) is 4.58. The number of urea groups is 1. The molecule has 0 aromatic rings. The van der Waals surface area contributed by atoms with E-state index in [0.717, 1.165) is 26.1 Å². The van der Waals surface area contributed by atoms with E-state index in [1.54, 1.807) is 0 Å². The second kappa shape index (κ2) is 3.33. The van der Waals surface area contributed by atoms with E-state index in [1.165, 1.54) is 0 Å². The van der Waals surface area contributed by atoms with Gasteiger partial charge in [-0.2, -0.15) is 0 Å². The molecule has 0 bridgehead atoms. The zero-order valence-electron chi connectivity index (χ0n) is 8.18. The maximum Gasteiger partial charge on any atom is 0.317 e. The van der Waals surface area contributed by atoms with E-state index in [9.17, 15) is 4.79 Å². The lowest BCUT2D eigenvalue weighted by Crippen LogP contribution is -2.38. The zero-order valence-corrected chi connectivity index (χ0v) is 8.18. The number of nitrogens with one attached hydrogen (secondary N) is 1. The molecule has 0 aromatic carbocycles. The lowest BCUT2D eigenvalue weighted by molar-refractivity contribution is 0.204. The van der Waals surface area contributed by atoms with Crippen molar-refractivity contribution in [2.75, 3.05) is 19.6 Å². The molecule has 0 unspecified atom stereocenters. The highest BCUT2D eigenvalue weighted by Gasteiger charge is 2.31. The molecule has 0 aliphatic carbocycles. The molecule has 0 spiro atoms. The van der Waals surface area contributed by atoms with Crippen LogP contribution in [0.25, 0.3) is 0 Å². The van der Waals surface area contributed by atoms with Gasteiger partial charge in [0.1, 0.15) is 0 Å². The number of carbonyl (C=O) groups excluding carboxylic acids is 1. The van der Waals surface area contributed by atoms with Gasteiger partial charge in [-0.05, 0) is 18.8 Å². The molecular formula is C9H18N2O. The monoisotopic (exact) mass is 170 g/mol. The molecule has 0 radical (unpaired) electrons. The van der Waals surface area contributed by atoms with Crippen molar-refractivity contribution in [3.63, 3.8) is 0 Å². The van der Waals surface area contributed by atoms with Gasteiger partial charge >= 0.3 is 6.03 Å². The number of nitrogens with zero attached hydrogens (tertiary/aromatic N) is 1. The normalized spacial score (nSPS) is 21.1. The van der Waals surface area contributed by atoms with Gasteiger partial charge in [0, 0.05) is 19.6 Å². The van der Waals surface area contributed by atoms with Crippen LogP contribution in [0.4, 0.5) is 4.79 Å². The highest BCUT2D eigenvalue weighted by Crippen LogP contribution is 2.28. The van der Waals surface area contributed by atoms with E-state index >= 15 is 0 Å². The smallest absolute Gasteiger partial charge is 0.317 e. The largest absolute Gasteiger partial charge is 0.338 e. The number of likely N-dealkylation sites (tertiary alicyclic amines) is 1. The van der Waals surface area contributed by atoms with Crippen molar-refractivity contribution >= 4 is 6.03 Å². The van der Waals surface area contributed by atoms with Crippen molar-refractivity contribution in [3.05, 3.63) is 0 Å². The molecule has 0 aromatic heterocycles. The quantitative estimate of drug-likeness (QED) is 0.634. The van der Waals surface area contributed by atoms with E-state index in [4.69, 9.17) is 0 Å². The van der Waals surface area contributed by atoms with Crippen LogP contribution >= 0.6 is 0 Å². The number of amides is 2. The standard InChI is InChI=1S/C9H18N2O/c1-4-10-8(12)11-6-5-9(2,3)7-11/h4-7H2,1-3H3,(H,10,12). The van der Waals surface area contributed by atoms with E-state index in [0.29, 0.717) is 5.41 Å². The Balaban J connectivity index is 2.41. The predicted molar refractivity (Wildman–Crippen MR) is 49.0 cm³/mol. The van der Waals surface area contributed by atoms with Crippen molar-refractivity contribution < 1.29 is 4.79 Å². The number of hydrogen-bond acceptors (Lipinski definition) is 1. The Morgan fingerprint density at radius 2 is 2.25 bits per heavy atom. The molecule has 70 valence electrons. The summed E-state index contributed by atoms with van der Waals surface area (Å²) in [4.78, 5) is 13.2. The number of rotatable bonds is 1. The van der Waals surface area contributed by atoms with Crippen LogP contribution in [0, 0.1) is 5.41 Å². The van der Waals surface area contributed by atoms with E-state index in [-0.39, 0.29) is 6.03 Å². The molecule has 1 fully saturated rings. The van der Waals surface area contributed by atoms with Crippen LogP contribution in [0.1, 0.15) is 27.2 Å². The summed E-state index contributed by atoms with van der Waals surface area (Å²) < 4.78 is 0. The molecule has 0 saturated carbocycles.